The van der Waals surface area contributed by atoms with Crippen LogP contribution in [0.25, 0.3) is 0 Å². The Labute approximate surface area is 203 Å². The zero-order valence-corrected chi connectivity index (χ0v) is 21.1. The van der Waals surface area contributed by atoms with Gasteiger partial charge in [-0.2, -0.15) is 0 Å². The minimum absolute atomic E-state index is 0.0329. The monoisotopic (exact) mass is 512 g/mol. The van der Waals surface area contributed by atoms with Gasteiger partial charge in [0.25, 0.3) is 0 Å². The first-order chi connectivity index (χ1) is 16.2. The van der Waals surface area contributed by atoms with Gasteiger partial charge in [-0.25, -0.2) is 30.9 Å². The van der Waals surface area contributed by atoms with E-state index in [9.17, 15) is 27.1 Å². The summed E-state index contributed by atoms with van der Waals surface area (Å²) in [4.78, 5) is 20.0. The molecule has 2 aliphatic rings. The molecule has 0 saturated carbocycles. The van der Waals surface area contributed by atoms with E-state index < -0.39 is 45.4 Å². The molecule has 3 heterocycles. The van der Waals surface area contributed by atoms with E-state index in [0.717, 1.165) is 24.5 Å². The predicted molar refractivity (Wildman–Crippen MR) is 123 cm³/mol. The summed E-state index contributed by atoms with van der Waals surface area (Å²) in [5.74, 6) is -0.923. The Morgan fingerprint density at radius 2 is 1.94 bits per heavy atom. The number of aromatic nitrogens is 2. The molecule has 0 spiro atoms. The number of rotatable bonds is 4. The second kappa shape index (κ2) is 8.82. The van der Waals surface area contributed by atoms with Crippen molar-refractivity contribution in [3.63, 3.8) is 0 Å². The number of aryl methyl sites for hydroxylation is 1. The molecule has 1 aromatic carbocycles. The van der Waals surface area contributed by atoms with Crippen LogP contribution < -0.4 is 0 Å². The number of fused-ring (bicyclic) bond motifs is 1. The molecular formula is C23H30F2N4O5S. The van der Waals surface area contributed by atoms with E-state index in [2.05, 4.69) is 4.98 Å². The van der Waals surface area contributed by atoms with Crippen LogP contribution in [0.2, 0.25) is 0 Å². The second-order valence-electron chi connectivity index (χ2n) is 10.2. The van der Waals surface area contributed by atoms with Crippen LogP contribution in [0.4, 0.5) is 13.6 Å². The van der Waals surface area contributed by atoms with E-state index in [-0.39, 0.29) is 24.6 Å². The van der Waals surface area contributed by atoms with Crippen molar-refractivity contribution in [3.8, 4) is 0 Å². The fourth-order valence-electron chi connectivity index (χ4n) is 5.29. The molecule has 12 heteroatoms. The Hall–Kier alpha value is -2.57. The molecule has 1 saturated heterocycles. The Morgan fingerprint density at radius 1 is 1.26 bits per heavy atom. The third-order valence-corrected chi connectivity index (χ3v) is 7.73. The highest BCUT2D eigenvalue weighted by molar-refractivity contribution is 7.89. The maximum absolute atomic E-state index is 14.7. The quantitative estimate of drug-likeness (QED) is 0.670. The molecule has 2 aliphatic heterocycles. The van der Waals surface area contributed by atoms with Crippen LogP contribution in [0.15, 0.2) is 18.2 Å². The first kappa shape index (κ1) is 25.5. The topological polar surface area (TPSA) is 105 Å². The summed E-state index contributed by atoms with van der Waals surface area (Å²) >= 11 is 0. The molecule has 0 bridgehead atoms. The number of hydrogen-bond donors (Lipinski definition) is 1. The van der Waals surface area contributed by atoms with E-state index >= 15 is 0 Å². The van der Waals surface area contributed by atoms with Crippen LogP contribution in [0, 0.1) is 18.6 Å². The molecule has 192 valence electrons. The van der Waals surface area contributed by atoms with Crippen molar-refractivity contribution in [2.75, 3.05) is 12.9 Å². The van der Waals surface area contributed by atoms with Crippen molar-refractivity contribution in [3.05, 3.63) is 52.6 Å². The van der Waals surface area contributed by atoms with E-state index in [1.54, 1.807) is 27.7 Å². The molecule has 2 aromatic rings. The van der Waals surface area contributed by atoms with Crippen LogP contribution >= 0.6 is 0 Å². The largest absolute Gasteiger partial charge is 0.465 e. The molecule has 1 amide bonds. The average Bonchev–Trinajstić information content (AvgIpc) is 3.24. The lowest BCUT2D eigenvalue weighted by atomic mass is 9.88. The van der Waals surface area contributed by atoms with E-state index in [1.165, 1.54) is 8.87 Å². The van der Waals surface area contributed by atoms with Crippen LogP contribution in [-0.2, 0) is 27.8 Å². The Morgan fingerprint density at radius 3 is 2.54 bits per heavy atom. The number of halogens is 2. The van der Waals surface area contributed by atoms with Gasteiger partial charge in [-0.05, 0) is 52.3 Å². The number of hydrogen-bond acceptors (Lipinski definition) is 6. The summed E-state index contributed by atoms with van der Waals surface area (Å²) in [6.07, 6.45) is -0.797. The van der Waals surface area contributed by atoms with Crippen molar-refractivity contribution in [1.29, 1.82) is 0 Å². The Bertz CT molecular complexity index is 1260. The van der Waals surface area contributed by atoms with Crippen LogP contribution in [-0.4, -0.2) is 68.9 Å². The summed E-state index contributed by atoms with van der Waals surface area (Å²) in [6, 6.07) is 1.96. The lowest BCUT2D eigenvalue weighted by Gasteiger charge is -2.48. The van der Waals surface area contributed by atoms with E-state index in [1.807, 2.05) is 4.90 Å². The molecule has 0 unspecified atom stereocenters. The molecule has 1 aromatic heterocycles. The van der Waals surface area contributed by atoms with Gasteiger partial charge in [-0.15, -0.1) is 0 Å². The molecule has 9 nitrogen and oxygen atoms in total. The van der Waals surface area contributed by atoms with Gasteiger partial charge in [0, 0.05) is 30.2 Å². The lowest BCUT2D eigenvalue weighted by molar-refractivity contribution is -0.103. The zero-order chi connectivity index (χ0) is 25.9. The molecule has 35 heavy (non-hydrogen) atoms. The first-order valence-electron chi connectivity index (χ1n) is 11.3. The predicted octanol–water partition coefficient (Wildman–Crippen LogP) is 3.27. The van der Waals surface area contributed by atoms with Crippen molar-refractivity contribution in [2.24, 2.45) is 0 Å². The highest BCUT2D eigenvalue weighted by Gasteiger charge is 2.46. The number of ether oxygens (including phenoxy) is 1. The third kappa shape index (κ3) is 4.78. The fraction of sp³-hybridized carbons (Fsp3) is 0.565. The summed E-state index contributed by atoms with van der Waals surface area (Å²) in [6.45, 7) is 7.64. The molecule has 0 aliphatic carbocycles. The highest BCUT2D eigenvalue weighted by Crippen LogP contribution is 2.39. The van der Waals surface area contributed by atoms with Gasteiger partial charge in [0.15, 0.2) is 0 Å². The van der Waals surface area contributed by atoms with Crippen molar-refractivity contribution in [2.45, 2.75) is 70.9 Å². The molecule has 1 N–H and O–H groups in total. The lowest BCUT2D eigenvalue weighted by Crippen LogP contribution is -2.58. The number of nitrogens with zero attached hydrogens (tertiary/aromatic N) is 4. The maximum atomic E-state index is 14.7. The first-order valence-corrected chi connectivity index (χ1v) is 13.1. The molecule has 1 fully saturated rings. The number of carboxylic acid groups (broad SMARTS) is 1. The SMILES string of the molecule is Cc1nc2c(n1S(C)(=O)=O)CN([C@H]1CO[C@H](c3cc(F)ccc3F)[C@@H](N(C(=O)O)C(C)(C)C)C1)C2. The van der Waals surface area contributed by atoms with Gasteiger partial charge in [0.2, 0.25) is 10.0 Å². The summed E-state index contributed by atoms with van der Waals surface area (Å²) in [5, 5.41) is 10.1. The van der Waals surface area contributed by atoms with Gasteiger partial charge in [-0.3, -0.25) is 9.80 Å². The molecule has 3 atom stereocenters. The smallest absolute Gasteiger partial charge is 0.408 e. The second-order valence-corrected chi connectivity index (χ2v) is 12.0. The van der Waals surface area contributed by atoms with E-state index in [0.29, 0.717) is 30.3 Å². The number of benzene rings is 1. The number of carbonyl (C=O) groups is 1. The maximum Gasteiger partial charge on any atom is 0.408 e. The minimum Gasteiger partial charge on any atom is -0.465 e. The molecule has 4 rings (SSSR count). The molecule has 0 radical (unpaired) electrons. The summed E-state index contributed by atoms with van der Waals surface area (Å²) < 4.78 is 60.6. The summed E-state index contributed by atoms with van der Waals surface area (Å²) in [7, 11) is -3.54. The van der Waals surface area contributed by atoms with Gasteiger partial charge >= 0.3 is 6.09 Å². The third-order valence-electron chi connectivity index (χ3n) is 6.58. The Balaban J connectivity index is 1.67. The van der Waals surface area contributed by atoms with Crippen LogP contribution in [0.1, 0.15) is 56.1 Å². The van der Waals surface area contributed by atoms with Crippen LogP contribution in [0.5, 0.6) is 0 Å². The number of amides is 1. The van der Waals surface area contributed by atoms with E-state index in [4.69, 9.17) is 4.74 Å². The Kier molecular flexibility index (Phi) is 6.43. The standard InChI is InChI=1S/C23H30F2N4O5S/c1-13-26-18-10-27(11-20(18)29(13)35(5,32)33)15-9-19(28(22(30)31)23(2,3)4)21(34-12-15)16-8-14(24)6-7-17(16)25/h6-8,15,19,21H,9-12H2,1-5H3,(H,30,31)/t15-,19+,21-/m1/s1. The van der Waals surface area contributed by atoms with Crippen molar-refractivity contribution >= 4 is 16.1 Å². The van der Waals surface area contributed by atoms with Crippen molar-refractivity contribution < 1.29 is 31.8 Å². The summed E-state index contributed by atoms with van der Waals surface area (Å²) in [5.41, 5.74) is 0.345. The zero-order valence-electron chi connectivity index (χ0n) is 20.3. The highest BCUT2D eigenvalue weighted by atomic mass is 32.2. The van der Waals surface area contributed by atoms with Gasteiger partial charge in [-0.1, -0.05) is 0 Å². The van der Waals surface area contributed by atoms with Gasteiger partial charge < -0.3 is 9.84 Å². The fourth-order valence-corrected chi connectivity index (χ4v) is 6.37. The average molecular weight is 513 g/mol. The number of imidazole rings is 1. The minimum atomic E-state index is -3.54. The van der Waals surface area contributed by atoms with Crippen molar-refractivity contribution in [1.82, 2.24) is 18.8 Å². The van der Waals surface area contributed by atoms with Gasteiger partial charge in [0.1, 0.15) is 23.6 Å². The normalized spacial score (nSPS) is 23.3. The molecular weight excluding hydrogens is 482 g/mol. The van der Waals surface area contributed by atoms with Crippen LogP contribution in [0.3, 0.4) is 0 Å². The van der Waals surface area contributed by atoms with Gasteiger partial charge in [0.05, 0.1) is 30.3 Å².